The number of hydrogen-bond acceptors (Lipinski definition) is 6. The van der Waals surface area contributed by atoms with Crippen molar-refractivity contribution in [3.8, 4) is 0 Å². The number of para-hydroxylation sites is 1. The number of carbonyl (C=O) groups is 1. The number of aromatic nitrogens is 2. The molecular weight excluding hydrogens is 371 g/mol. The summed E-state index contributed by atoms with van der Waals surface area (Å²) in [5, 5.41) is 11.6. The monoisotopic (exact) mass is 388 g/mol. The molecule has 1 heterocycles. The number of hydrogen-bond donors (Lipinski definition) is 1. The lowest BCUT2D eigenvalue weighted by atomic mass is 10.1. The van der Waals surface area contributed by atoms with Crippen LogP contribution >= 0.6 is 23.1 Å². The van der Waals surface area contributed by atoms with Gasteiger partial charge in [-0.3, -0.25) is 4.79 Å². The smallest absolute Gasteiger partial charge is 0.253 e. The average Bonchev–Trinajstić information content (AvgIpc) is 3.09. The molecule has 0 aliphatic carbocycles. The van der Waals surface area contributed by atoms with Crippen molar-refractivity contribution in [1.82, 2.24) is 15.1 Å². The summed E-state index contributed by atoms with van der Waals surface area (Å²) in [7, 11) is 3.46. The van der Waals surface area contributed by atoms with E-state index in [2.05, 4.69) is 15.5 Å². The zero-order valence-electron chi connectivity index (χ0n) is 14.3. The maximum absolute atomic E-state index is 13.7. The summed E-state index contributed by atoms with van der Waals surface area (Å²) in [6.45, 7) is 0. The molecule has 1 N–H and O–H groups in total. The Morgan fingerprint density at radius 3 is 2.58 bits per heavy atom. The Morgan fingerprint density at radius 2 is 1.88 bits per heavy atom. The third-order valence-corrected chi connectivity index (χ3v) is 5.53. The summed E-state index contributed by atoms with van der Waals surface area (Å²) < 4.78 is 14.4. The quantitative estimate of drug-likeness (QED) is 0.634. The van der Waals surface area contributed by atoms with E-state index in [-0.39, 0.29) is 11.7 Å². The minimum Gasteiger partial charge on any atom is -0.345 e. The van der Waals surface area contributed by atoms with Crippen LogP contribution in [0.2, 0.25) is 0 Å². The van der Waals surface area contributed by atoms with Crippen LogP contribution in [0, 0.1) is 5.82 Å². The highest BCUT2D eigenvalue weighted by Crippen LogP contribution is 2.30. The van der Waals surface area contributed by atoms with Crippen molar-refractivity contribution < 1.29 is 9.18 Å². The molecule has 1 aromatic heterocycles. The predicted molar refractivity (Wildman–Crippen MR) is 104 cm³/mol. The van der Waals surface area contributed by atoms with Gasteiger partial charge in [0, 0.05) is 25.4 Å². The number of benzene rings is 2. The molecule has 0 aliphatic rings. The molecule has 3 rings (SSSR count). The van der Waals surface area contributed by atoms with E-state index >= 15 is 0 Å². The third kappa shape index (κ3) is 4.59. The van der Waals surface area contributed by atoms with Gasteiger partial charge < -0.3 is 10.2 Å². The SMILES string of the molecule is CN(C)C(=O)c1ccc(CSc2nnc(Nc3ccccc3F)s2)cc1. The second kappa shape index (κ2) is 8.29. The lowest BCUT2D eigenvalue weighted by molar-refractivity contribution is 0.0827. The normalized spacial score (nSPS) is 10.6. The van der Waals surface area contributed by atoms with E-state index in [0.29, 0.717) is 22.1 Å². The zero-order chi connectivity index (χ0) is 18.5. The van der Waals surface area contributed by atoms with E-state index in [9.17, 15) is 9.18 Å². The summed E-state index contributed by atoms with van der Waals surface area (Å²) in [6.07, 6.45) is 0. The molecular formula is C18H17FN4OS2. The average molecular weight is 388 g/mol. The van der Waals surface area contributed by atoms with Crippen LogP contribution in [0.15, 0.2) is 52.9 Å². The standard InChI is InChI=1S/C18H17FN4OS2/c1-23(2)16(24)13-9-7-12(8-10-13)11-25-18-22-21-17(26-18)20-15-6-4-3-5-14(15)19/h3-10H,11H2,1-2H3,(H,20,21). The van der Waals surface area contributed by atoms with E-state index in [1.54, 1.807) is 49.0 Å². The Labute approximate surface area is 159 Å². The predicted octanol–water partition coefficient (Wildman–Crippen LogP) is 4.41. The molecule has 5 nitrogen and oxygen atoms in total. The van der Waals surface area contributed by atoms with Gasteiger partial charge in [-0.05, 0) is 29.8 Å². The molecule has 3 aromatic rings. The van der Waals surface area contributed by atoms with E-state index in [1.165, 1.54) is 17.4 Å². The van der Waals surface area contributed by atoms with Crippen molar-refractivity contribution in [2.45, 2.75) is 10.1 Å². The van der Waals surface area contributed by atoms with Gasteiger partial charge in [-0.25, -0.2) is 4.39 Å². The molecule has 0 radical (unpaired) electrons. The Kier molecular flexibility index (Phi) is 5.85. The van der Waals surface area contributed by atoms with Crippen molar-refractivity contribution in [3.05, 3.63) is 65.5 Å². The van der Waals surface area contributed by atoms with Gasteiger partial charge in [-0.1, -0.05) is 47.4 Å². The molecule has 0 atom stereocenters. The van der Waals surface area contributed by atoms with Crippen molar-refractivity contribution in [1.29, 1.82) is 0 Å². The van der Waals surface area contributed by atoms with Gasteiger partial charge in [0.25, 0.3) is 5.91 Å². The van der Waals surface area contributed by atoms with Gasteiger partial charge in [-0.15, -0.1) is 10.2 Å². The van der Waals surface area contributed by atoms with E-state index in [0.717, 1.165) is 9.90 Å². The fourth-order valence-electron chi connectivity index (χ4n) is 2.14. The van der Waals surface area contributed by atoms with E-state index in [1.807, 2.05) is 24.3 Å². The van der Waals surface area contributed by atoms with Crippen LogP contribution in [-0.2, 0) is 5.75 Å². The molecule has 0 saturated heterocycles. The van der Waals surface area contributed by atoms with Crippen molar-refractivity contribution in [2.24, 2.45) is 0 Å². The number of nitrogens with one attached hydrogen (secondary N) is 1. The Hall–Kier alpha value is -2.45. The molecule has 26 heavy (non-hydrogen) atoms. The van der Waals surface area contributed by atoms with Crippen LogP contribution in [0.4, 0.5) is 15.2 Å². The molecule has 1 amide bonds. The number of thioether (sulfide) groups is 1. The zero-order valence-corrected chi connectivity index (χ0v) is 15.9. The first-order chi connectivity index (χ1) is 12.5. The molecule has 2 aromatic carbocycles. The van der Waals surface area contributed by atoms with Crippen LogP contribution in [0.25, 0.3) is 0 Å². The molecule has 0 spiro atoms. The van der Waals surface area contributed by atoms with Gasteiger partial charge in [0.05, 0.1) is 5.69 Å². The van der Waals surface area contributed by atoms with Gasteiger partial charge in [-0.2, -0.15) is 0 Å². The molecule has 8 heteroatoms. The highest BCUT2D eigenvalue weighted by molar-refractivity contribution is 8.00. The number of anilines is 2. The second-order valence-corrected chi connectivity index (χ2v) is 7.86. The van der Waals surface area contributed by atoms with Gasteiger partial charge in [0.1, 0.15) is 5.82 Å². The molecule has 0 aliphatic heterocycles. The maximum Gasteiger partial charge on any atom is 0.253 e. The molecule has 0 unspecified atom stereocenters. The number of halogens is 1. The van der Waals surface area contributed by atoms with Crippen LogP contribution in [0.1, 0.15) is 15.9 Å². The number of amides is 1. The van der Waals surface area contributed by atoms with E-state index < -0.39 is 0 Å². The van der Waals surface area contributed by atoms with Gasteiger partial charge >= 0.3 is 0 Å². The van der Waals surface area contributed by atoms with Crippen LogP contribution in [-0.4, -0.2) is 35.1 Å². The number of rotatable bonds is 6. The first-order valence-electron chi connectivity index (χ1n) is 7.81. The van der Waals surface area contributed by atoms with Gasteiger partial charge in [0.2, 0.25) is 5.13 Å². The topological polar surface area (TPSA) is 58.1 Å². The molecule has 0 saturated carbocycles. The van der Waals surface area contributed by atoms with Crippen molar-refractivity contribution in [2.75, 3.05) is 19.4 Å². The first-order valence-corrected chi connectivity index (χ1v) is 9.61. The van der Waals surface area contributed by atoms with Crippen LogP contribution in [0.5, 0.6) is 0 Å². The summed E-state index contributed by atoms with van der Waals surface area (Å²) >= 11 is 2.92. The lowest BCUT2D eigenvalue weighted by Crippen LogP contribution is -2.21. The summed E-state index contributed by atoms with van der Waals surface area (Å²) in [4.78, 5) is 13.4. The number of nitrogens with zero attached hydrogens (tertiary/aromatic N) is 3. The Morgan fingerprint density at radius 1 is 1.15 bits per heavy atom. The summed E-state index contributed by atoms with van der Waals surface area (Å²) in [5.41, 5.74) is 2.13. The molecule has 134 valence electrons. The van der Waals surface area contributed by atoms with Crippen molar-refractivity contribution >= 4 is 39.8 Å². The molecule has 0 bridgehead atoms. The first kappa shape index (κ1) is 18.3. The van der Waals surface area contributed by atoms with Crippen molar-refractivity contribution in [3.63, 3.8) is 0 Å². The highest BCUT2D eigenvalue weighted by Gasteiger charge is 2.09. The summed E-state index contributed by atoms with van der Waals surface area (Å²) in [6, 6.07) is 14.0. The molecule has 0 fully saturated rings. The fraction of sp³-hybridized carbons (Fsp3) is 0.167. The number of carbonyl (C=O) groups excluding carboxylic acids is 1. The summed E-state index contributed by atoms with van der Waals surface area (Å²) in [5.74, 6) is 0.367. The van der Waals surface area contributed by atoms with Crippen LogP contribution in [0.3, 0.4) is 0 Å². The van der Waals surface area contributed by atoms with Gasteiger partial charge in [0.15, 0.2) is 4.34 Å². The fourth-order valence-corrected chi connectivity index (χ4v) is 3.86. The lowest BCUT2D eigenvalue weighted by Gasteiger charge is -2.10. The highest BCUT2D eigenvalue weighted by atomic mass is 32.2. The maximum atomic E-state index is 13.7. The van der Waals surface area contributed by atoms with E-state index in [4.69, 9.17) is 0 Å². The third-order valence-electron chi connectivity index (χ3n) is 3.49. The minimum absolute atomic E-state index is 0.0165. The largest absolute Gasteiger partial charge is 0.345 e. The minimum atomic E-state index is -0.329. The second-order valence-electron chi connectivity index (χ2n) is 5.66. The van der Waals surface area contributed by atoms with Crippen LogP contribution < -0.4 is 5.32 Å². The Bertz CT molecular complexity index is 896. The Balaban J connectivity index is 1.58.